The zero-order valence-electron chi connectivity index (χ0n) is 19.4. The summed E-state index contributed by atoms with van der Waals surface area (Å²) < 4.78 is 15.2. The maximum atomic E-state index is 13.6. The third-order valence-corrected chi connectivity index (χ3v) is 5.80. The Bertz CT molecular complexity index is 1480. The lowest BCUT2D eigenvalue weighted by atomic mass is 10.1. The lowest BCUT2D eigenvalue weighted by Crippen LogP contribution is -2.35. The summed E-state index contributed by atoms with van der Waals surface area (Å²) in [6.07, 6.45) is 4.74. The monoisotopic (exact) mass is 534 g/mol. The Balaban J connectivity index is 1.80. The second-order valence-electron chi connectivity index (χ2n) is 7.86. The molecule has 3 aromatic carbocycles. The van der Waals surface area contributed by atoms with Crippen molar-refractivity contribution < 1.29 is 14.0 Å². The summed E-state index contributed by atoms with van der Waals surface area (Å²) >= 11 is 12.1. The minimum Gasteiger partial charge on any atom is -0.347 e. The van der Waals surface area contributed by atoms with Crippen LogP contribution in [0.4, 0.5) is 4.39 Å². The molecular formula is C28H21Cl2FN4O2. The Morgan fingerprint density at radius 2 is 1.76 bits per heavy atom. The van der Waals surface area contributed by atoms with E-state index in [0.29, 0.717) is 21.8 Å². The van der Waals surface area contributed by atoms with Gasteiger partial charge in [-0.1, -0.05) is 47.5 Å². The molecule has 2 N–H and O–H groups in total. The third kappa shape index (κ3) is 6.33. The average Bonchev–Trinajstić information content (AvgIpc) is 3.31. The molecule has 2 amide bonds. The number of rotatable bonds is 8. The van der Waals surface area contributed by atoms with Crippen LogP contribution in [-0.4, -0.2) is 28.1 Å². The van der Waals surface area contributed by atoms with Crippen LogP contribution in [0.15, 0.2) is 97.3 Å². The van der Waals surface area contributed by atoms with Crippen molar-refractivity contribution in [1.82, 2.24) is 20.4 Å². The van der Waals surface area contributed by atoms with Gasteiger partial charge in [-0.05, 0) is 60.7 Å². The van der Waals surface area contributed by atoms with Crippen molar-refractivity contribution in [3.8, 4) is 16.9 Å². The van der Waals surface area contributed by atoms with Crippen LogP contribution in [-0.2, 0) is 4.79 Å². The maximum absolute atomic E-state index is 13.6. The smallest absolute Gasteiger partial charge is 0.268 e. The number of hydrogen-bond donors (Lipinski definition) is 2. The predicted molar refractivity (Wildman–Crippen MR) is 144 cm³/mol. The van der Waals surface area contributed by atoms with E-state index in [9.17, 15) is 14.0 Å². The van der Waals surface area contributed by atoms with Crippen LogP contribution in [0, 0.1) is 5.82 Å². The summed E-state index contributed by atoms with van der Waals surface area (Å²) in [5.74, 6) is -1.53. The fourth-order valence-electron chi connectivity index (χ4n) is 3.48. The van der Waals surface area contributed by atoms with Crippen LogP contribution in [0.1, 0.15) is 15.9 Å². The van der Waals surface area contributed by atoms with Crippen molar-refractivity contribution >= 4 is 41.1 Å². The number of aromatic nitrogens is 2. The van der Waals surface area contributed by atoms with Crippen molar-refractivity contribution in [2.24, 2.45) is 0 Å². The van der Waals surface area contributed by atoms with E-state index in [1.165, 1.54) is 42.5 Å². The van der Waals surface area contributed by atoms with Gasteiger partial charge in [0.25, 0.3) is 11.8 Å². The Kier molecular flexibility index (Phi) is 8.18. The highest BCUT2D eigenvalue weighted by Gasteiger charge is 2.19. The minimum atomic E-state index is -0.597. The standard InChI is InChI=1S/C28H21Cl2FN4O2/c1-2-14-32-28(37)25(33-27(36)23-13-10-20(29)16-24(23)30)15-19-17-35(22-6-4-3-5-7-22)34-26(19)18-8-11-21(31)12-9-18/h2-13,15-17H,1,14H2,(H,32,37)(H,33,36)/b25-15+. The van der Waals surface area contributed by atoms with Crippen LogP contribution in [0.25, 0.3) is 23.0 Å². The van der Waals surface area contributed by atoms with E-state index in [4.69, 9.17) is 23.2 Å². The van der Waals surface area contributed by atoms with Gasteiger partial charge in [-0.3, -0.25) is 9.59 Å². The molecule has 186 valence electrons. The van der Waals surface area contributed by atoms with Crippen LogP contribution in [0.3, 0.4) is 0 Å². The van der Waals surface area contributed by atoms with Gasteiger partial charge >= 0.3 is 0 Å². The van der Waals surface area contributed by atoms with Crippen molar-refractivity contribution in [1.29, 1.82) is 0 Å². The first-order chi connectivity index (χ1) is 17.9. The van der Waals surface area contributed by atoms with Crippen LogP contribution in [0.2, 0.25) is 10.0 Å². The van der Waals surface area contributed by atoms with Gasteiger partial charge in [0.1, 0.15) is 17.2 Å². The SMILES string of the molecule is C=CCNC(=O)/C(=C\c1cn(-c2ccccc2)nc1-c1ccc(F)cc1)NC(=O)c1ccc(Cl)cc1Cl. The van der Waals surface area contributed by atoms with Gasteiger partial charge in [0.05, 0.1) is 16.3 Å². The molecule has 0 aliphatic rings. The molecule has 0 bridgehead atoms. The largest absolute Gasteiger partial charge is 0.347 e. The molecule has 4 aromatic rings. The molecule has 0 aliphatic heterocycles. The van der Waals surface area contributed by atoms with E-state index in [-0.39, 0.29) is 28.6 Å². The first kappa shape index (κ1) is 25.9. The second-order valence-corrected chi connectivity index (χ2v) is 8.70. The first-order valence-corrected chi connectivity index (χ1v) is 11.9. The number of hydrogen-bond acceptors (Lipinski definition) is 3. The summed E-state index contributed by atoms with van der Waals surface area (Å²) in [6.45, 7) is 3.79. The first-order valence-electron chi connectivity index (χ1n) is 11.1. The summed E-state index contributed by atoms with van der Waals surface area (Å²) in [5, 5.41) is 10.5. The molecule has 0 atom stereocenters. The topological polar surface area (TPSA) is 76.0 Å². The molecule has 0 saturated carbocycles. The molecule has 0 saturated heterocycles. The van der Waals surface area contributed by atoms with Gasteiger partial charge in [-0.2, -0.15) is 5.10 Å². The maximum Gasteiger partial charge on any atom is 0.268 e. The molecule has 0 radical (unpaired) electrons. The Morgan fingerprint density at radius 1 is 1.03 bits per heavy atom. The van der Waals surface area contributed by atoms with Gasteiger partial charge in [-0.15, -0.1) is 6.58 Å². The predicted octanol–water partition coefficient (Wildman–Crippen LogP) is 6.06. The van der Waals surface area contributed by atoms with E-state index < -0.39 is 11.8 Å². The zero-order valence-corrected chi connectivity index (χ0v) is 20.9. The molecule has 1 aromatic heterocycles. The summed E-state index contributed by atoms with van der Waals surface area (Å²) in [7, 11) is 0. The van der Waals surface area contributed by atoms with Crippen molar-refractivity contribution in [2.45, 2.75) is 0 Å². The van der Waals surface area contributed by atoms with E-state index >= 15 is 0 Å². The number of carbonyl (C=O) groups is 2. The summed E-state index contributed by atoms with van der Waals surface area (Å²) in [4.78, 5) is 26.0. The summed E-state index contributed by atoms with van der Waals surface area (Å²) in [5.41, 5.74) is 2.50. The molecule has 0 unspecified atom stereocenters. The highest BCUT2D eigenvalue weighted by atomic mass is 35.5. The average molecular weight is 535 g/mol. The van der Waals surface area contributed by atoms with Crippen LogP contribution < -0.4 is 10.6 Å². The number of halogens is 3. The quantitative estimate of drug-likeness (QED) is 0.213. The summed E-state index contributed by atoms with van der Waals surface area (Å²) in [6, 6.07) is 19.6. The van der Waals surface area contributed by atoms with Gasteiger partial charge < -0.3 is 10.6 Å². The highest BCUT2D eigenvalue weighted by molar-refractivity contribution is 6.36. The van der Waals surface area contributed by atoms with Crippen molar-refractivity contribution in [2.75, 3.05) is 6.54 Å². The fraction of sp³-hybridized carbons (Fsp3) is 0.0357. The normalized spacial score (nSPS) is 11.2. The van der Waals surface area contributed by atoms with Crippen LogP contribution >= 0.6 is 23.2 Å². The highest BCUT2D eigenvalue weighted by Crippen LogP contribution is 2.26. The van der Waals surface area contributed by atoms with Gasteiger partial charge in [0, 0.05) is 28.9 Å². The lowest BCUT2D eigenvalue weighted by molar-refractivity contribution is -0.117. The number of nitrogens with zero attached hydrogens (tertiary/aromatic N) is 2. The number of nitrogens with one attached hydrogen (secondary N) is 2. The molecule has 0 aliphatic carbocycles. The van der Waals surface area contributed by atoms with E-state index in [0.717, 1.165) is 5.69 Å². The van der Waals surface area contributed by atoms with Crippen molar-refractivity contribution in [3.05, 3.63) is 124 Å². The van der Waals surface area contributed by atoms with Gasteiger partial charge in [0.15, 0.2) is 0 Å². The number of benzene rings is 3. The Morgan fingerprint density at radius 3 is 2.43 bits per heavy atom. The molecule has 37 heavy (non-hydrogen) atoms. The Labute approximate surface area is 223 Å². The van der Waals surface area contributed by atoms with Gasteiger partial charge in [-0.25, -0.2) is 9.07 Å². The number of carbonyl (C=O) groups excluding carboxylic acids is 2. The van der Waals surface area contributed by atoms with Gasteiger partial charge in [0.2, 0.25) is 0 Å². The second kappa shape index (κ2) is 11.7. The molecule has 0 spiro atoms. The number of amides is 2. The Hall–Kier alpha value is -4.20. The molecular weight excluding hydrogens is 514 g/mol. The van der Waals surface area contributed by atoms with Crippen molar-refractivity contribution in [3.63, 3.8) is 0 Å². The van der Waals surface area contributed by atoms with E-state index in [1.807, 2.05) is 30.3 Å². The molecule has 6 nitrogen and oxygen atoms in total. The molecule has 1 heterocycles. The molecule has 0 fully saturated rings. The molecule has 9 heteroatoms. The van der Waals surface area contributed by atoms with E-state index in [2.05, 4.69) is 22.3 Å². The zero-order chi connectivity index (χ0) is 26.4. The van der Waals surface area contributed by atoms with Crippen LogP contribution in [0.5, 0.6) is 0 Å². The van der Waals surface area contributed by atoms with E-state index in [1.54, 1.807) is 23.0 Å². The third-order valence-electron chi connectivity index (χ3n) is 5.26. The fourth-order valence-corrected chi connectivity index (χ4v) is 3.97. The number of para-hydroxylation sites is 1. The lowest BCUT2D eigenvalue weighted by Gasteiger charge is -2.11. The molecule has 4 rings (SSSR count). The minimum absolute atomic E-state index is 0.0474.